The first-order valence-corrected chi connectivity index (χ1v) is 32.4. The molecule has 0 heterocycles. The normalized spacial score (nSPS) is 11.9. The molecule has 1 nitrogen and oxygen atoms in total. The standard InChI is InChI=1S/C44H32P2.C26H23NP.ClH.Ru/c1-5-19-35(20-6-1)45(36-21-7-2-8-22-36)41-31-29-33-17-13-15-27-39(33)43(41)44-40-28-16-14-18-34(40)30-32-42(44)46(37-23-9-3-10-24-37)38-25-11-4-12-26-38;27-25(21-13-5-1-6-14-21)26(22-15-7-2-8-16-22)28(23-17-9-3-10-18-23)24-19-11-4-12-20-24;;/h1-32H;1-20,25-27H;1H;/q;-1;;+2/p+2/t;25-,26-;;/m.0../s1. The number of nitrogens with one attached hydrogen (secondary N) is 1. The summed E-state index contributed by atoms with van der Waals surface area (Å²) < 4.78 is 0. The molecule has 370 valence electrons. The van der Waals surface area contributed by atoms with Crippen LogP contribution in [-0.4, -0.2) is 0 Å². The van der Waals surface area contributed by atoms with E-state index in [1.54, 1.807) is 0 Å². The predicted molar refractivity (Wildman–Crippen MR) is 336 cm³/mol. The van der Waals surface area contributed by atoms with E-state index in [0.717, 1.165) is 5.56 Å². The van der Waals surface area contributed by atoms with Gasteiger partial charge in [-0.1, -0.05) is 242 Å². The Bertz CT molecular complexity index is 3410. The van der Waals surface area contributed by atoms with Crippen LogP contribution >= 0.6 is 33.5 Å². The quantitative estimate of drug-likeness (QED) is 0.0812. The molecule has 12 aromatic rings. The van der Waals surface area contributed by atoms with Crippen molar-refractivity contribution in [3.05, 3.63) is 332 Å². The van der Waals surface area contributed by atoms with Crippen LogP contribution in [0.15, 0.2) is 315 Å². The van der Waals surface area contributed by atoms with E-state index in [4.69, 9.17) is 0 Å². The largest absolute Gasteiger partial charge is 0.667 e. The molecule has 0 fully saturated rings. The summed E-state index contributed by atoms with van der Waals surface area (Å²) in [6.07, 6.45) is 0. The van der Waals surface area contributed by atoms with Gasteiger partial charge >= 0.3 is 27.0 Å². The molecule has 0 aromatic heterocycles. The van der Waals surface area contributed by atoms with Gasteiger partial charge in [-0.2, -0.15) is 0 Å². The predicted octanol–water partition coefficient (Wildman–Crippen LogP) is 15.7. The van der Waals surface area contributed by atoms with Crippen molar-refractivity contribution in [1.29, 1.82) is 0 Å². The third kappa shape index (κ3) is 12.0. The van der Waals surface area contributed by atoms with Crippen molar-refractivity contribution in [3.63, 3.8) is 0 Å². The van der Waals surface area contributed by atoms with Crippen LogP contribution in [0.1, 0.15) is 22.8 Å². The number of benzene rings is 12. The van der Waals surface area contributed by atoms with Crippen molar-refractivity contribution in [1.82, 2.24) is 0 Å². The fourth-order valence-electron chi connectivity index (χ4n) is 10.7. The molecule has 76 heavy (non-hydrogen) atoms. The van der Waals surface area contributed by atoms with Crippen molar-refractivity contribution in [2.75, 3.05) is 0 Å². The van der Waals surface area contributed by atoms with Gasteiger partial charge in [0.15, 0.2) is 0 Å². The van der Waals surface area contributed by atoms with Gasteiger partial charge in [0.1, 0.15) is 31.8 Å². The number of hydrogen-bond donors (Lipinski definition) is 0. The van der Waals surface area contributed by atoms with E-state index in [1.165, 1.54) is 80.7 Å². The molecular weight excluding hydrogens is 1080 g/mol. The van der Waals surface area contributed by atoms with Crippen LogP contribution in [0.2, 0.25) is 0 Å². The summed E-state index contributed by atoms with van der Waals surface area (Å²) in [5.74, 6) is 0. The van der Waals surface area contributed by atoms with Crippen LogP contribution in [0, 0.1) is 0 Å². The molecule has 0 saturated carbocycles. The first-order chi connectivity index (χ1) is 37.7. The molecule has 0 aliphatic heterocycles. The van der Waals surface area contributed by atoms with Gasteiger partial charge in [0, 0.05) is 11.1 Å². The number of rotatable bonds is 13. The Labute approximate surface area is 466 Å². The maximum Gasteiger partial charge on any atom is 0.111 e. The third-order valence-electron chi connectivity index (χ3n) is 14.0. The molecule has 0 unspecified atom stereocenters. The van der Waals surface area contributed by atoms with E-state index in [-0.39, 0.29) is 11.7 Å². The zero-order valence-corrected chi connectivity index (χ0v) is 47.4. The van der Waals surface area contributed by atoms with Gasteiger partial charge in [-0.15, -0.1) is 0 Å². The van der Waals surface area contributed by atoms with Gasteiger partial charge in [0.05, 0.1) is 40.0 Å². The van der Waals surface area contributed by atoms with Crippen LogP contribution in [0.4, 0.5) is 0 Å². The molecule has 0 aliphatic rings. The smallest absolute Gasteiger partial charge is 0.111 e. The maximum absolute atomic E-state index is 9.26. The first-order valence-electron chi connectivity index (χ1n) is 25.6. The van der Waals surface area contributed by atoms with Crippen molar-refractivity contribution in [3.8, 4) is 11.1 Å². The Morgan fingerprint density at radius 1 is 0.276 bits per heavy atom. The van der Waals surface area contributed by atoms with Crippen molar-refractivity contribution in [2.24, 2.45) is 0 Å². The fraction of sp³-hybridized carbons (Fsp3) is 0.0286. The molecule has 2 atom stereocenters. The molecular formula is C70H58ClNP3Ru+3. The maximum atomic E-state index is 9.26. The third-order valence-corrected chi connectivity index (χ3v) is 22.8. The molecule has 1 N–H and O–H groups in total. The van der Waals surface area contributed by atoms with Crippen molar-refractivity contribution in [2.45, 2.75) is 11.7 Å². The minimum atomic E-state index is -1.37. The van der Waals surface area contributed by atoms with E-state index in [0.29, 0.717) is 0 Å². The fourth-order valence-corrected chi connectivity index (χ4v) is 19.4. The SMILES string of the molecule is [Cl][Ru+].[NH-][C@@H](c1ccccc1)[C@H](c1ccccc1)[PH+](c1ccccc1)c1ccccc1.c1ccc([PH+](c2ccccc2)c2ccc3ccccc3c2-c2c([PH+](c3ccccc3)c3ccccc3)ccc3ccccc23)cc1. The monoisotopic (exact) mass is 1140 g/mol. The molecule has 0 bridgehead atoms. The van der Waals surface area contributed by atoms with Crippen molar-refractivity contribution >= 4 is 97.4 Å². The summed E-state index contributed by atoms with van der Waals surface area (Å²) in [7, 11) is 0.603. The molecule has 0 amide bonds. The molecule has 0 radical (unpaired) electrons. The van der Waals surface area contributed by atoms with Crippen LogP contribution in [-0.2, 0) is 17.3 Å². The number of halogens is 1. The number of fused-ring (bicyclic) bond motifs is 2. The summed E-state index contributed by atoms with van der Waals surface area (Å²) in [5, 5.41) is 16.3. The van der Waals surface area contributed by atoms with Gasteiger partial charge in [0.2, 0.25) is 0 Å². The average Bonchev–Trinajstić information content (AvgIpc) is 3.53. The molecule has 12 rings (SSSR count). The summed E-state index contributed by atoms with van der Waals surface area (Å²) in [5.41, 5.74) is 14.4. The minimum Gasteiger partial charge on any atom is -0.667 e. The van der Waals surface area contributed by atoms with E-state index >= 15 is 0 Å². The van der Waals surface area contributed by atoms with Gasteiger partial charge in [-0.3, -0.25) is 0 Å². The zero-order chi connectivity index (χ0) is 51.9. The Balaban J connectivity index is 0.000000187. The molecule has 12 aromatic carbocycles. The van der Waals surface area contributed by atoms with Gasteiger partial charge in [-0.25, -0.2) is 0 Å². The summed E-state index contributed by atoms with van der Waals surface area (Å²) in [6, 6.07) is 114. The number of hydrogen-bond acceptors (Lipinski definition) is 0. The molecule has 0 saturated heterocycles. The van der Waals surface area contributed by atoms with Gasteiger partial charge < -0.3 is 5.73 Å². The first kappa shape index (κ1) is 52.8. The van der Waals surface area contributed by atoms with Crippen molar-refractivity contribution < 1.29 is 17.3 Å². The Kier molecular flexibility index (Phi) is 18.3. The second kappa shape index (κ2) is 26.4. The van der Waals surface area contributed by atoms with Crippen LogP contribution in [0.25, 0.3) is 38.4 Å². The Morgan fingerprint density at radius 2 is 0.539 bits per heavy atom. The summed E-state index contributed by atoms with van der Waals surface area (Å²) >= 11 is 1.82. The second-order valence-electron chi connectivity index (χ2n) is 18.6. The summed E-state index contributed by atoms with van der Waals surface area (Å²) in [4.78, 5) is 0. The van der Waals surface area contributed by atoms with Crippen LogP contribution in [0.3, 0.4) is 0 Å². The topological polar surface area (TPSA) is 23.8 Å². The van der Waals surface area contributed by atoms with Gasteiger partial charge in [0.25, 0.3) is 0 Å². The molecule has 0 spiro atoms. The molecule has 6 heteroatoms. The van der Waals surface area contributed by atoms with E-state index in [1.807, 2.05) is 35.5 Å². The molecule has 0 aliphatic carbocycles. The van der Waals surface area contributed by atoms with E-state index in [9.17, 15) is 5.73 Å². The van der Waals surface area contributed by atoms with E-state index < -0.39 is 23.8 Å². The van der Waals surface area contributed by atoms with Crippen LogP contribution < -0.4 is 42.4 Å². The Hall–Kier alpha value is -6.68. The minimum absolute atomic E-state index is 0.110. The Morgan fingerprint density at radius 3 is 0.868 bits per heavy atom. The summed E-state index contributed by atoms with van der Waals surface area (Å²) in [6.45, 7) is 0. The van der Waals surface area contributed by atoms with E-state index in [2.05, 4.69) is 307 Å². The van der Waals surface area contributed by atoms with Gasteiger partial charge in [-0.05, 0) is 112 Å². The van der Waals surface area contributed by atoms with Crippen LogP contribution in [0.5, 0.6) is 0 Å². The average molecular weight is 1140 g/mol. The zero-order valence-electron chi connectivity index (χ0n) is 41.9. The second-order valence-corrected chi connectivity index (χ2v) is 26.0.